The fraction of sp³-hybridized carbons (Fsp3) is 0.278. The van der Waals surface area contributed by atoms with Gasteiger partial charge in [0.1, 0.15) is 0 Å². The average molecular weight is 283 g/mol. The predicted molar refractivity (Wildman–Crippen MR) is 85.5 cm³/mol. The van der Waals surface area contributed by atoms with Crippen LogP contribution in [0.15, 0.2) is 48.5 Å². The van der Waals surface area contributed by atoms with Gasteiger partial charge < -0.3 is 10.8 Å². The van der Waals surface area contributed by atoms with Crippen LogP contribution in [0, 0.1) is 0 Å². The highest BCUT2D eigenvalue weighted by Crippen LogP contribution is 2.26. The molecule has 1 unspecified atom stereocenters. The maximum Gasteiger partial charge on any atom is 0.335 e. The Balaban J connectivity index is 2.26. The van der Waals surface area contributed by atoms with Crippen molar-refractivity contribution in [3.8, 4) is 11.1 Å². The third kappa shape index (κ3) is 3.70. The summed E-state index contributed by atoms with van der Waals surface area (Å²) in [4.78, 5) is 11.0. The van der Waals surface area contributed by atoms with E-state index in [9.17, 15) is 4.79 Å². The van der Waals surface area contributed by atoms with Gasteiger partial charge >= 0.3 is 5.97 Å². The summed E-state index contributed by atoms with van der Waals surface area (Å²) >= 11 is 0. The van der Waals surface area contributed by atoms with Gasteiger partial charge in [0, 0.05) is 0 Å². The number of benzene rings is 2. The SMILES string of the molecule is CCC(CCN)c1ccc(-c2cccc(C(=O)O)c2)cc1. The van der Waals surface area contributed by atoms with E-state index in [1.807, 2.05) is 6.07 Å². The highest BCUT2D eigenvalue weighted by Gasteiger charge is 2.09. The van der Waals surface area contributed by atoms with E-state index in [4.69, 9.17) is 10.8 Å². The van der Waals surface area contributed by atoms with Gasteiger partial charge in [-0.1, -0.05) is 43.3 Å². The van der Waals surface area contributed by atoms with Gasteiger partial charge in [-0.05, 0) is 54.1 Å². The molecule has 0 amide bonds. The Labute approximate surface area is 125 Å². The van der Waals surface area contributed by atoms with Crippen molar-refractivity contribution in [3.05, 3.63) is 59.7 Å². The average Bonchev–Trinajstić information content (AvgIpc) is 2.53. The molecule has 0 bridgehead atoms. The molecule has 0 aliphatic carbocycles. The monoisotopic (exact) mass is 283 g/mol. The van der Waals surface area contributed by atoms with Gasteiger partial charge in [-0.15, -0.1) is 0 Å². The molecule has 3 heteroatoms. The summed E-state index contributed by atoms with van der Waals surface area (Å²) in [6.45, 7) is 2.87. The van der Waals surface area contributed by atoms with Crippen LogP contribution in [0.2, 0.25) is 0 Å². The molecule has 0 aliphatic rings. The minimum atomic E-state index is -0.900. The first-order valence-electron chi connectivity index (χ1n) is 7.29. The first-order valence-corrected chi connectivity index (χ1v) is 7.29. The van der Waals surface area contributed by atoms with E-state index in [-0.39, 0.29) is 0 Å². The van der Waals surface area contributed by atoms with E-state index in [0.29, 0.717) is 18.0 Å². The van der Waals surface area contributed by atoms with Gasteiger partial charge in [0.05, 0.1) is 5.56 Å². The maximum atomic E-state index is 11.0. The number of aromatic carboxylic acids is 1. The first kappa shape index (κ1) is 15.3. The Kier molecular flexibility index (Phi) is 5.12. The van der Waals surface area contributed by atoms with Crippen molar-refractivity contribution in [2.75, 3.05) is 6.54 Å². The Morgan fingerprint density at radius 2 is 1.86 bits per heavy atom. The molecule has 0 aromatic heterocycles. The van der Waals surface area contributed by atoms with Gasteiger partial charge in [-0.2, -0.15) is 0 Å². The van der Waals surface area contributed by atoms with Crippen LogP contribution >= 0.6 is 0 Å². The molecular formula is C18H21NO2. The number of carbonyl (C=O) groups is 1. The van der Waals surface area contributed by atoms with Crippen LogP contribution < -0.4 is 5.73 Å². The van der Waals surface area contributed by atoms with Crippen LogP contribution in [0.3, 0.4) is 0 Å². The minimum absolute atomic E-state index is 0.311. The van der Waals surface area contributed by atoms with E-state index in [0.717, 1.165) is 24.0 Å². The van der Waals surface area contributed by atoms with Gasteiger partial charge in [0.25, 0.3) is 0 Å². The second kappa shape index (κ2) is 7.04. The molecule has 21 heavy (non-hydrogen) atoms. The molecule has 110 valence electrons. The zero-order valence-corrected chi connectivity index (χ0v) is 12.3. The predicted octanol–water partition coefficient (Wildman–Crippen LogP) is 3.89. The van der Waals surface area contributed by atoms with Gasteiger partial charge in [0.2, 0.25) is 0 Å². The standard InChI is InChI=1S/C18H21NO2/c1-2-13(10-11-19)14-6-8-15(9-7-14)16-4-3-5-17(12-16)18(20)21/h3-9,12-13H,2,10-11,19H2,1H3,(H,20,21). The van der Waals surface area contributed by atoms with Crippen molar-refractivity contribution in [2.24, 2.45) is 5.73 Å². The number of carboxylic acid groups (broad SMARTS) is 1. The summed E-state index contributed by atoms with van der Waals surface area (Å²) in [6, 6.07) is 15.3. The highest BCUT2D eigenvalue weighted by atomic mass is 16.4. The fourth-order valence-corrected chi connectivity index (χ4v) is 2.59. The second-order valence-corrected chi connectivity index (χ2v) is 5.19. The number of hydrogen-bond donors (Lipinski definition) is 2. The number of rotatable bonds is 6. The summed E-state index contributed by atoms with van der Waals surface area (Å²) in [5.74, 6) is -0.406. The van der Waals surface area contributed by atoms with Crippen molar-refractivity contribution in [1.82, 2.24) is 0 Å². The molecule has 0 saturated heterocycles. The van der Waals surface area contributed by atoms with Crippen molar-refractivity contribution < 1.29 is 9.90 Å². The lowest BCUT2D eigenvalue weighted by Crippen LogP contribution is -2.06. The Morgan fingerprint density at radius 3 is 2.43 bits per heavy atom. The number of nitrogens with two attached hydrogens (primary N) is 1. The number of carboxylic acids is 1. The van der Waals surface area contributed by atoms with Crippen LogP contribution in [-0.2, 0) is 0 Å². The second-order valence-electron chi connectivity index (χ2n) is 5.19. The van der Waals surface area contributed by atoms with E-state index in [2.05, 4.69) is 31.2 Å². The van der Waals surface area contributed by atoms with Crippen LogP contribution in [0.25, 0.3) is 11.1 Å². The van der Waals surface area contributed by atoms with Crippen molar-refractivity contribution in [1.29, 1.82) is 0 Å². The minimum Gasteiger partial charge on any atom is -0.478 e. The lowest BCUT2D eigenvalue weighted by molar-refractivity contribution is 0.0697. The third-order valence-corrected chi connectivity index (χ3v) is 3.83. The summed E-state index contributed by atoms with van der Waals surface area (Å²) in [5.41, 5.74) is 9.21. The highest BCUT2D eigenvalue weighted by molar-refractivity contribution is 5.89. The van der Waals surface area contributed by atoms with Gasteiger partial charge in [-0.25, -0.2) is 4.79 Å². The summed E-state index contributed by atoms with van der Waals surface area (Å²) < 4.78 is 0. The maximum absolute atomic E-state index is 11.0. The van der Waals surface area contributed by atoms with Crippen LogP contribution in [-0.4, -0.2) is 17.6 Å². The third-order valence-electron chi connectivity index (χ3n) is 3.83. The van der Waals surface area contributed by atoms with Crippen molar-refractivity contribution in [2.45, 2.75) is 25.7 Å². The van der Waals surface area contributed by atoms with Gasteiger partial charge in [0.15, 0.2) is 0 Å². The smallest absolute Gasteiger partial charge is 0.335 e. The molecule has 0 saturated carbocycles. The van der Waals surface area contributed by atoms with Crippen LogP contribution in [0.1, 0.15) is 41.6 Å². The van der Waals surface area contributed by atoms with E-state index in [1.54, 1.807) is 18.2 Å². The molecule has 2 aromatic rings. The summed E-state index contributed by atoms with van der Waals surface area (Å²) in [6.07, 6.45) is 2.06. The Hall–Kier alpha value is -2.13. The fourth-order valence-electron chi connectivity index (χ4n) is 2.59. The Morgan fingerprint density at radius 1 is 1.14 bits per heavy atom. The van der Waals surface area contributed by atoms with Crippen molar-refractivity contribution >= 4 is 5.97 Å². The van der Waals surface area contributed by atoms with E-state index >= 15 is 0 Å². The molecule has 0 aliphatic heterocycles. The topological polar surface area (TPSA) is 63.3 Å². The van der Waals surface area contributed by atoms with Crippen LogP contribution in [0.4, 0.5) is 0 Å². The zero-order chi connectivity index (χ0) is 15.2. The Bertz CT molecular complexity index is 605. The molecule has 0 radical (unpaired) electrons. The molecule has 3 N–H and O–H groups in total. The summed E-state index contributed by atoms with van der Waals surface area (Å²) in [5, 5.41) is 9.05. The first-order chi connectivity index (χ1) is 10.2. The molecule has 1 atom stereocenters. The van der Waals surface area contributed by atoms with E-state index < -0.39 is 5.97 Å². The quantitative estimate of drug-likeness (QED) is 0.845. The molecule has 0 spiro atoms. The molecule has 2 aromatic carbocycles. The normalized spacial score (nSPS) is 12.1. The lowest BCUT2D eigenvalue weighted by atomic mass is 9.91. The molecule has 0 heterocycles. The van der Waals surface area contributed by atoms with Crippen LogP contribution in [0.5, 0.6) is 0 Å². The summed E-state index contributed by atoms with van der Waals surface area (Å²) in [7, 11) is 0. The molecule has 3 nitrogen and oxygen atoms in total. The van der Waals surface area contributed by atoms with Gasteiger partial charge in [-0.3, -0.25) is 0 Å². The lowest BCUT2D eigenvalue weighted by Gasteiger charge is -2.14. The molecular weight excluding hydrogens is 262 g/mol. The van der Waals surface area contributed by atoms with E-state index in [1.165, 1.54) is 5.56 Å². The largest absolute Gasteiger partial charge is 0.478 e. The zero-order valence-electron chi connectivity index (χ0n) is 12.3. The molecule has 2 rings (SSSR count). The molecule has 0 fully saturated rings. The number of hydrogen-bond acceptors (Lipinski definition) is 2. The van der Waals surface area contributed by atoms with Crippen molar-refractivity contribution in [3.63, 3.8) is 0 Å².